The van der Waals surface area contributed by atoms with Gasteiger partial charge < -0.3 is 14.6 Å². The second-order valence-electron chi connectivity index (χ2n) is 5.09. The zero-order valence-electron chi connectivity index (χ0n) is 13.0. The molecule has 21 heavy (non-hydrogen) atoms. The molecule has 1 aromatic rings. The summed E-state index contributed by atoms with van der Waals surface area (Å²) in [6.07, 6.45) is 1.50. The quantitative estimate of drug-likeness (QED) is 0.650. The average Bonchev–Trinajstić information content (AvgIpc) is 2.50. The summed E-state index contributed by atoms with van der Waals surface area (Å²) >= 11 is 0. The highest BCUT2D eigenvalue weighted by Crippen LogP contribution is 2.17. The molecule has 118 valence electrons. The molecule has 0 amide bonds. The van der Waals surface area contributed by atoms with Gasteiger partial charge >= 0.3 is 5.97 Å². The van der Waals surface area contributed by atoms with Crippen LogP contribution in [-0.2, 0) is 4.79 Å². The number of carboxylic acids is 1. The molecule has 1 aromatic carbocycles. The van der Waals surface area contributed by atoms with Crippen LogP contribution in [0, 0.1) is 0 Å². The van der Waals surface area contributed by atoms with Gasteiger partial charge in [0.1, 0.15) is 23.6 Å². The number of ether oxygens (including phenoxy) is 2. The van der Waals surface area contributed by atoms with Crippen molar-refractivity contribution in [3.8, 4) is 11.5 Å². The van der Waals surface area contributed by atoms with Gasteiger partial charge in [-0.05, 0) is 44.0 Å². The SMILES string of the molecule is CCCOc1ccc(OCCNC(C)(CC)C(=O)O)cc1. The minimum Gasteiger partial charge on any atom is -0.494 e. The van der Waals surface area contributed by atoms with Crippen molar-refractivity contribution in [2.24, 2.45) is 0 Å². The van der Waals surface area contributed by atoms with Crippen molar-refractivity contribution >= 4 is 5.97 Å². The van der Waals surface area contributed by atoms with Crippen LogP contribution in [0.15, 0.2) is 24.3 Å². The van der Waals surface area contributed by atoms with Gasteiger partial charge in [-0.2, -0.15) is 0 Å². The molecule has 0 aliphatic heterocycles. The zero-order valence-corrected chi connectivity index (χ0v) is 13.0. The van der Waals surface area contributed by atoms with Crippen molar-refractivity contribution in [2.45, 2.75) is 39.2 Å². The van der Waals surface area contributed by atoms with Gasteiger partial charge in [-0.3, -0.25) is 10.1 Å². The molecule has 1 atom stereocenters. The summed E-state index contributed by atoms with van der Waals surface area (Å²) in [5, 5.41) is 12.1. The number of hydrogen-bond donors (Lipinski definition) is 2. The lowest BCUT2D eigenvalue weighted by molar-refractivity contribution is -0.144. The van der Waals surface area contributed by atoms with Crippen LogP contribution < -0.4 is 14.8 Å². The summed E-state index contributed by atoms with van der Waals surface area (Å²) in [7, 11) is 0. The molecule has 0 heterocycles. The maximum absolute atomic E-state index is 11.1. The molecular formula is C16H25NO4. The lowest BCUT2D eigenvalue weighted by Crippen LogP contribution is -2.50. The second-order valence-corrected chi connectivity index (χ2v) is 5.09. The minimum atomic E-state index is -0.902. The van der Waals surface area contributed by atoms with Gasteiger partial charge in [0.05, 0.1) is 6.61 Å². The van der Waals surface area contributed by atoms with Crippen LogP contribution in [-0.4, -0.2) is 36.4 Å². The fraction of sp³-hybridized carbons (Fsp3) is 0.562. The van der Waals surface area contributed by atoms with Gasteiger partial charge in [-0.1, -0.05) is 13.8 Å². The fourth-order valence-corrected chi connectivity index (χ4v) is 1.70. The molecule has 0 spiro atoms. The molecular weight excluding hydrogens is 270 g/mol. The van der Waals surface area contributed by atoms with Crippen LogP contribution in [0.1, 0.15) is 33.6 Å². The summed E-state index contributed by atoms with van der Waals surface area (Å²) in [5.74, 6) is 0.725. The Hall–Kier alpha value is -1.75. The molecule has 0 aliphatic carbocycles. The van der Waals surface area contributed by atoms with E-state index in [-0.39, 0.29) is 0 Å². The van der Waals surface area contributed by atoms with Crippen LogP contribution in [0.25, 0.3) is 0 Å². The Bertz CT molecular complexity index is 432. The molecule has 5 nitrogen and oxygen atoms in total. The molecule has 2 N–H and O–H groups in total. The first kappa shape index (κ1) is 17.3. The lowest BCUT2D eigenvalue weighted by atomic mass is 9.99. The summed E-state index contributed by atoms with van der Waals surface area (Å²) in [5.41, 5.74) is -0.902. The maximum atomic E-state index is 11.1. The third-order valence-electron chi connectivity index (χ3n) is 3.36. The van der Waals surface area contributed by atoms with E-state index in [1.54, 1.807) is 6.92 Å². The minimum absolute atomic E-state index is 0.415. The van der Waals surface area contributed by atoms with Gasteiger partial charge in [0.2, 0.25) is 0 Å². The average molecular weight is 295 g/mol. The van der Waals surface area contributed by atoms with E-state index in [4.69, 9.17) is 14.6 Å². The smallest absolute Gasteiger partial charge is 0.323 e. The highest BCUT2D eigenvalue weighted by molar-refractivity contribution is 5.78. The summed E-state index contributed by atoms with van der Waals surface area (Å²) in [6.45, 7) is 7.18. The number of carboxylic acid groups (broad SMARTS) is 1. The summed E-state index contributed by atoms with van der Waals surface area (Å²) < 4.78 is 11.1. The first-order valence-corrected chi connectivity index (χ1v) is 7.36. The number of aliphatic carboxylic acids is 1. The standard InChI is InChI=1S/C16H25NO4/c1-4-11-20-13-6-8-14(9-7-13)21-12-10-17-16(3,5-2)15(18)19/h6-9,17H,4-5,10-12H2,1-3H3,(H,18,19). The molecule has 0 saturated carbocycles. The van der Waals surface area contributed by atoms with Gasteiger partial charge in [0.25, 0.3) is 0 Å². The zero-order chi connectivity index (χ0) is 15.7. The van der Waals surface area contributed by atoms with Gasteiger partial charge in [0, 0.05) is 6.54 Å². The lowest BCUT2D eigenvalue weighted by Gasteiger charge is -2.24. The van der Waals surface area contributed by atoms with Crippen molar-refractivity contribution < 1.29 is 19.4 Å². The predicted octanol–water partition coefficient (Wildman–Crippen LogP) is 2.70. The van der Waals surface area contributed by atoms with Gasteiger partial charge in [0.15, 0.2) is 0 Å². The molecule has 1 rings (SSSR count). The van der Waals surface area contributed by atoms with E-state index in [0.717, 1.165) is 17.9 Å². The molecule has 0 radical (unpaired) electrons. The van der Waals surface area contributed by atoms with Crippen LogP contribution in [0.4, 0.5) is 0 Å². The number of hydrogen-bond acceptors (Lipinski definition) is 4. The maximum Gasteiger partial charge on any atom is 0.323 e. The normalized spacial score (nSPS) is 13.5. The van der Waals surface area contributed by atoms with E-state index in [1.165, 1.54) is 0 Å². The number of nitrogens with one attached hydrogen (secondary N) is 1. The first-order chi connectivity index (χ1) is 10.0. The van der Waals surface area contributed by atoms with Crippen molar-refractivity contribution in [1.29, 1.82) is 0 Å². The Morgan fingerprint density at radius 2 is 1.67 bits per heavy atom. The Kier molecular flexibility index (Phi) is 7.02. The van der Waals surface area contributed by atoms with Gasteiger partial charge in [-0.15, -0.1) is 0 Å². The van der Waals surface area contributed by atoms with Crippen LogP contribution in [0.2, 0.25) is 0 Å². The molecule has 0 aliphatic rings. The Morgan fingerprint density at radius 1 is 1.14 bits per heavy atom. The Balaban J connectivity index is 2.34. The fourth-order valence-electron chi connectivity index (χ4n) is 1.70. The topological polar surface area (TPSA) is 67.8 Å². The van der Waals surface area contributed by atoms with Crippen LogP contribution >= 0.6 is 0 Å². The predicted molar refractivity (Wildman–Crippen MR) is 82.1 cm³/mol. The monoisotopic (exact) mass is 295 g/mol. The number of carbonyl (C=O) groups is 1. The first-order valence-electron chi connectivity index (χ1n) is 7.36. The molecule has 5 heteroatoms. The number of rotatable bonds is 10. The van der Waals surface area contributed by atoms with Crippen LogP contribution in [0.3, 0.4) is 0 Å². The van der Waals surface area contributed by atoms with E-state index in [0.29, 0.717) is 26.2 Å². The second kappa shape index (κ2) is 8.52. The van der Waals surface area contributed by atoms with Crippen molar-refractivity contribution in [3.63, 3.8) is 0 Å². The van der Waals surface area contributed by atoms with E-state index in [1.807, 2.05) is 31.2 Å². The highest BCUT2D eigenvalue weighted by Gasteiger charge is 2.29. The Labute approximate surface area is 126 Å². The van der Waals surface area contributed by atoms with E-state index in [2.05, 4.69) is 12.2 Å². The molecule has 0 fully saturated rings. The van der Waals surface area contributed by atoms with Crippen molar-refractivity contribution in [3.05, 3.63) is 24.3 Å². The third kappa shape index (κ3) is 5.63. The van der Waals surface area contributed by atoms with Gasteiger partial charge in [-0.25, -0.2) is 0 Å². The van der Waals surface area contributed by atoms with E-state index >= 15 is 0 Å². The van der Waals surface area contributed by atoms with E-state index in [9.17, 15) is 4.79 Å². The largest absolute Gasteiger partial charge is 0.494 e. The molecule has 0 bridgehead atoms. The van der Waals surface area contributed by atoms with E-state index < -0.39 is 11.5 Å². The molecule has 1 unspecified atom stereocenters. The highest BCUT2D eigenvalue weighted by atomic mass is 16.5. The molecule has 0 saturated heterocycles. The summed E-state index contributed by atoms with van der Waals surface area (Å²) in [6, 6.07) is 7.43. The third-order valence-corrected chi connectivity index (χ3v) is 3.36. The van der Waals surface area contributed by atoms with Crippen molar-refractivity contribution in [2.75, 3.05) is 19.8 Å². The van der Waals surface area contributed by atoms with Crippen molar-refractivity contribution in [1.82, 2.24) is 5.32 Å². The summed E-state index contributed by atoms with van der Waals surface area (Å²) in [4.78, 5) is 11.1. The Morgan fingerprint density at radius 3 is 2.10 bits per heavy atom. The van der Waals surface area contributed by atoms with Crippen LogP contribution in [0.5, 0.6) is 11.5 Å². The number of benzene rings is 1. The molecule has 0 aromatic heterocycles.